The van der Waals surface area contributed by atoms with Crippen LogP contribution < -0.4 is 10.1 Å². The van der Waals surface area contributed by atoms with Gasteiger partial charge in [-0.25, -0.2) is 0 Å². The Hall–Kier alpha value is -1.06. The predicted octanol–water partition coefficient (Wildman–Crippen LogP) is 2.87. The first kappa shape index (κ1) is 13.4. The Kier molecular flexibility index (Phi) is 4.25. The molecule has 1 aromatic rings. The summed E-state index contributed by atoms with van der Waals surface area (Å²) in [4.78, 5) is 0. The molecular weight excluding hydrogens is 226 g/mol. The molecule has 1 fully saturated rings. The molecule has 3 heteroatoms. The first-order valence-electron chi connectivity index (χ1n) is 6.63. The molecule has 18 heavy (non-hydrogen) atoms. The molecule has 0 amide bonds. The third-order valence-corrected chi connectivity index (χ3v) is 3.42. The number of nitrogens with one attached hydrogen (secondary N) is 1. The summed E-state index contributed by atoms with van der Waals surface area (Å²) in [5, 5.41) is 3.57. The van der Waals surface area contributed by atoms with Crippen molar-refractivity contribution in [1.82, 2.24) is 5.32 Å². The molecule has 1 aromatic carbocycles. The fraction of sp³-hybridized carbons (Fsp3) is 0.600. The van der Waals surface area contributed by atoms with E-state index >= 15 is 0 Å². The van der Waals surface area contributed by atoms with E-state index in [9.17, 15) is 0 Å². The Balaban J connectivity index is 2.25. The number of morpholine rings is 1. The molecule has 0 spiro atoms. The predicted molar refractivity (Wildman–Crippen MR) is 73.2 cm³/mol. The van der Waals surface area contributed by atoms with Gasteiger partial charge in [0.15, 0.2) is 0 Å². The topological polar surface area (TPSA) is 30.5 Å². The minimum Gasteiger partial charge on any atom is -0.496 e. The summed E-state index contributed by atoms with van der Waals surface area (Å²) in [5.74, 6) is 1.43. The smallest absolute Gasteiger partial charge is 0.122 e. The largest absolute Gasteiger partial charge is 0.496 e. The van der Waals surface area contributed by atoms with E-state index in [-0.39, 0.29) is 6.04 Å². The maximum absolute atomic E-state index is 5.61. The van der Waals surface area contributed by atoms with Crippen molar-refractivity contribution >= 4 is 0 Å². The van der Waals surface area contributed by atoms with Crippen LogP contribution in [0.2, 0.25) is 0 Å². The van der Waals surface area contributed by atoms with Crippen molar-refractivity contribution in [2.24, 2.45) is 0 Å². The fourth-order valence-corrected chi connectivity index (χ4v) is 2.42. The minimum absolute atomic E-state index is 0.289. The van der Waals surface area contributed by atoms with E-state index in [1.54, 1.807) is 7.11 Å². The first-order chi connectivity index (χ1) is 8.61. The molecule has 0 bridgehead atoms. The lowest BCUT2D eigenvalue weighted by molar-refractivity contribution is 0.0503. The summed E-state index contributed by atoms with van der Waals surface area (Å²) < 4.78 is 11.0. The fourth-order valence-electron chi connectivity index (χ4n) is 2.42. The van der Waals surface area contributed by atoms with Crippen molar-refractivity contribution in [3.63, 3.8) is 0 Å². The standard InChI is InChI=1S/C15H23NO2/c1-10(2)13-7-12(5-6-15(13)17-4)14-9-18-8-11(3)16-14/h5-7,10-11,14,16H,8-9H2,1-4H3. The van der Waals surface area contributed by atoms with Crippen LogP contribution in [0, 0.1) is 0 Å². The van der Waals surface area contributed by atoms with E-state index in [1.807, 2.05) is 0 Å². The van der Waals surface area contributed by atoms with Crippen LogP contribution in [0.3, 0.4) is 0 Å². The number of ether oxygens (including phenoxy) is 2. The second-order valence-corrected chi connectivity index (χ2v) is 5.31. The van der Waals surface area contributed by atoms with E-state index in [0.717, 1.165) is 19.0 Å². The van der Waals surface area contributed by atoms with Crippen LogP contribution in [0.4, 0.5) is 0 Å². The number of benzene rings is 1. The summed E-state index contributed by atoms with van der Waals surface area (Å²) in [6.45, 7) is 8.07. The van der Waals surface area contributed by atoms with Crippen molar-refractivity contribution in [1.29, 1.82) is 0 Å². The van der Waals surface area contributed by atoms with Crippen molar-refractivity contribution in [3.8, 4) is 5.75 Å². The molecule has 1 aliphatic heterocycles. The second-order valence-electron chi connectivity index (χ2n) is 5.31. The molecule has 3 nitrogen and oxygen atoms in total. The maximum atomic E-state index is 5.61. The van der Waals surface area contributed by atoms with Gasteiger partial charge >= 0.3 is 0 Å². The molecule has 1 saturated heterocycles. The third kappa shape index (κ3) is 2.85. The van der Waals surface area contributed by atoms with Crippen LogP contribution >= 0.6 is 0 Å². The summed E-state index contributed by atoms with van der Waals surface area (Å²) >= 11 is 0. The van der Waals surface area contributed by atoms with Crippen LogP contribution in [-0.2, 0) is 4.74 Å². The molecule has 2 unspecified atom stereocenters. The van der Waals surface area contributed by atoms with Crippen molar-refractivity contribution < 1.29 is 9.47 Å². The Morgan fingerprint density at radius 2 is 2.11 bits per heavy atom. The lowest BCUT2D eigenvalue weighted by atomic mass is 9.96. The zero-order valence-corrected chi connectivity index (χ0v) is 11.7. The lowest BCUT2D eigenvalue weighted by Crippen LogP contribution is -2.41. The highest BCUT2D eigenvalue weighted by molar-refractivity contribution is 5.40. The van der Waals surface area contributed by atoms with E-state index < -0.39 is 0 Å². The van der Waals surface area contributed by atoms with Gasteiger partial charge in [-0.15, -0.1) is 0 Å². The van der Waals surface area contributed by atoms with Gasteiger partial charge in [0.1, 0.15) is 5.75 Å². The highest BCUT2D eigenvalue weighted by Gasteiger charge is 2.21. The summed E-state index contributed by atoms with van der Waals surface area (Å²) in [6.07, 6.45) is 0. The Morgan fingerprint density at radius 1 is 1.33 bits per heavy atom. The molecule has 0 radical (unpaired) electrons. The molecule has 2 rings (SSSR count). The average molecular weight is 249 g/mol. The monoisotopic (exact) mass is 249 g/mol. The van der Waals surface area contributed by atoms with E-state index in [4.69, 9.17) is 9.47 Å². The van der Waals surface area contributed by atoms with Gasteiger partial charge in [-0.3, -0.25) is 0 Å². The summed E-state index contributed by atoms with van der Waals surface area (Å²) in [7, 11) is 1.73. The summed E-state index contributed by atoms with van der Waals surface area (Å²) in [6, 6.07) is 7.13. The van der Waals surface area contributed by atoms with E-state index in [1.165, 1.54) is 11.1 Å². The number of methoxy groups -OCH3 is 1. The van der Waals surface area contributed by atoms with Crippen molar-refractivity contribution in [2.45, 2.75) is 38.8 Å². The van der Waals surface area contributed by atoms with Crippen LogP contribution in [0.25, 0.3) is 0 Å². The van der Waals surface area contributed by atoms with Crippen molar-refractivity contribution in [2.75, 3.05) is 20.3 Å². The lowest BCUT2D eigenvalue weighted by Gasteiger charge is -2.30. The zero-order chi connectivity index (χ0) is 13.1. The molecule has 1 N–H and O–H groups in total. The number of rotatable bonds is 3. The molecule has 2 atom stereocenters. The second kappa shape index (κ2) is 5.72. The van der Waals surface area contributed by atoms with Gasteiger partial charge in [-0.2, -0.15) is 0 Å². The highest BCUT2D eigenvalue weighted by atomic mass is 16.5. The third-order valence-electron chi connectivity index (χ3n) is 3.42. The highest BCUT2D eigenvalue weighted by Crippen LogP contribution is 2.30. The van der Waals surface area contributed by atoms with Gasteiger partial charge in [0.25, 0.3) is 0 Å². The molecule has 0 saturated carbocycles. The average Bonchev–Trinajstić information content (AvgIpc) is 2.38. The van der Waals surface area contributed by atoms with Crippen LogP contribution in [0.15, 0.2) is 18.2 Å². The van der Waals surface area contributed by atoms with Crippen LogP contribution in [0.5, 0.6) is 5.75 Å². The quantitative estimate of drug-likeness (QED) is 0.893. The zero-order valence-electron chi connectivity index (χ0n) is 11.7. The van der Waals surface area contributed by atoms with Gasteiger partial charge in [0.2, 0.25) is 0 Å². The van der Waals surface area contributed by atoms with Crippen LogP contribution in [-0.4, -0.2) is 26.4 Å². The minimum atomic E-state index is 0.289. The normalized spacial score (nSPS) is 24.3. The Morgan fingerprint density at radius 3 is 2.72 bits per heavy atom. The van der Waals surface area contributed by atoms with Gasteiger partial charge in [-0.05, 0) is 30.0 Å². The van der Waals surface area contributed by atoms with Crippen LogP contribution in [0.1, 0.15) is 43.9 Å². The SMILES string of the molecule is COc1ccc(C2COCC(C)N2)cc1C(C)C. The Bertz CT molecular complexity index is 403. The molecule has 1 aliphatic rings. The Labute approximate surface area is 109 Å². The van der Waals surface area contributed by atoms with Crippen molar-refractivity contribution in [3.05, 3.63) is 29.3 Å². The maximum Gasteiger partial charge on any atom is 0.122 e. The van der Waals surface area contributed by atoms with Gasteiger partial charge < -0.3 is 14.8 Å². The van der Waals surface area contributed by atoms with E-state index in [2.05, 4.69) is 44.3 Å². The molecule has 1 heterocycles. The van der Waals surface area contributed by atoms with Gasteiger partial charge in [-0.1, -0.05) is 26.0 Å². The molecule has 0 aromatic heterocycles. The molecule has 0 aliphatic carbocycles. The summed E-state index contributed by atoms with van der Waals surface area (Å²) in [5.41, 5.74) is 2.54. The van der Waals surface area contributed by atoms with Gasteiger partial charge in [0.05, 0.1) is 26.4 Å². The van der Waals surface area contributed by atoms with E-state index in [0.29, 0.717) is 12.0 Å². The van der Waals surface area contributed by atoms with Gasteiger partial charge in [0, 0.05) is 6.04 Å². The number of hydrogen-bond donors (Lipinski definition) is 1. The molecular formula is C15H23NO2. The first-order valence-corrected chi connectivity index (χ1v) is 6.63. The number of hydrogen-bond acceptors (Lipinski definition) is 3. The molecule has 100 valence electrons.